The van der Waals surface area contributed by atoms with E-state index in [2.05, 4.69) is 5.32 Å². The topological polar surface area (TPSA) is 118 Å². The van der Waals surface area contributed by atoms with Crippen molar-refractivity contribution >= 4 is 34.8 Å². The van der Waals surface area contributed by atoms with Crippen LogP contribution in [0, 0.1) is 12.7 Å². The maximum atomic E-state index is 15.0. The molecule has 2 aliphatic heterocycles. The number of amides is 1. The van der Waals surface area contributed by atoms with Crippen molar-refractivity contribution in [3.05, 3.63) is 57.1 Å². The summed E-state index contributed by atoms with van der Waals surface area (Å²) >= 11 is 0. The van der Waals surface area contributed by atoms with E-state index < -0.39 is 11.6 Å². The molecule has 2 atom stereocenters. The number of pyridine rings is 1. The Morgan fingerprint density at radius 2 is 2.15 bits per heavy atom. The summed E-state index contributed by atoms with van der Waals surface area (Å²) in [7, 11) is 1.85. The lowest BCUT2D eigenvalue weighted by atomic mass is 9.81. The molecule has 9 nitrogen and oxygen atoms in total. The van der Waals surface area contributed by atoms with E-state index in [4.69, 9.17) is 14.5 Å². The highest BCUT2D eigenvalue weighted by atomic mass is 19.1. The highest BCUT2D eigenvalue weighted by molar-refractivity contribution is 5.95. The van der Waals surface area contributed by atoms with Crippen LogP contribution in [0.2, 0.25) is 0 Å². The minimum atomic E-state index is -1.99. The standard InChI is InChI=1S/C30H34FN3O6/c1-6-30(38)20(17(12-35)13-40-29(30)37)9-24-28-19(11-34(24)5)27-22(32-25(36)14-39-15(2)3)8-7-18-16(4)21(31)10-23(33-28)26(18)27/h9-10,12,15,22,38H,6-8,11,13-14H2,1-5H3,(H,32,36)/b24-9-. The van der Waals surface area contributed by atoms with Gasteiger partial charge < -0.3 is 24.8 Å². The van der Waals surface area contributed by atoms with Crippen molar-refractivity contribution in [2.75, 3.05) is 20.3 Å². The SMILES string of the molecule is CCC1(O)C(=O)OCC(C=O)=C1/C=C1/c2nc3cc(F)c(C)c4c3c(c2CN1C)C(NC(=O)COC(C)C)CC4. The zero-order valence-corrected chi connectivity index (χ0v) is 23.4. The average molecular weight is 552 g/mol. The third kappa shape index (κ3) is 4.49. The van der Waals surface area contributed by atoms with E-state index in [0.717, 1.165) is 22.1 Å². The third-order valence-corrected chi connectivity index (χ3v) is 8.13. The van der Waals surface area contributed by atoms with Crippen molar-refractivity contribution in [3.8, 4) is 0 Å². The summed E-state index contributed by atoms with van der Waals surface area (Å²) < 4.78 is 25.6. The zero-order chi connectivity index (χ0) is 28.9. The molecule has 1 amide bonds. The second-order valence-electron chi connectivity index (χ2n) is 11.0. The summed E-state index contributed by atoms with van der Waals surface area (Å²) in [5, 5.41) is 15.2. The zero-order valence-electron chi connectivity index (χ0n) is 23.4. The van der Waals surface area contributed by atoms with Gasteiger partial charge in [-0.2, -0.15) is 0 Å². The van der Waals surface area contributed by atoms with Crippen LogP contribution in [-0.4, -0.2) is 65.1 Å². The molecule has 0 fully saturated rings. The number of halogens is 1. The summed E-state index contributed by atoms with van der Waals surface area (Å²) in [4.78, 5) is 44.1. The van der Waals surface area contributed by atoms with Crippen LogP contribution < -0.4 is 5.32 Å². The molecular formula is C30H34FN3O6. The Bertz CT molecular complexity index is 1500. The molecule has 1 aromatic carbocycles. The van der Waals surface area contributed by atoms with Crippen LogP contribution in [-0.2, 0) is 36.8 Å². The number of hydrogen-bond donors (Lipinski definition) is 2. The van der Waals surface area contributed by atoms with E-state index in [1.807, 2.05) is 25.8 Å². The Hall–Kier alpha value is -3.63. The second kappa shape index (κ2) is 10.4. The van der Waals surface area contributed by atoms with Crippen LogP contribution in [0.5, 0.6) is 0 Å². The van der Waals surface area contributed by atoms with Crippen LogP contribution in [0.1, 0.15) is 67.6 Å². The molecule has 0 bridgehead atoms. The van der Waals surface area contributed by atoms with Crippen LogP contribution in [0.4, 0.5) is 4.39 Å². The van der Waals surface area contributed by atoms with Gasteiger partial charge in [0, 0.05) is 41.8 Å². The molecule has 212 valence electrons. The number of aliphatic hydroxyl groups is 1. The molecule has 0 spiro atoms. The Morgan fingerprint density at radius 3 is 2.83 bits per heavy atom. The number of hydrogen-bond acceptors (Lipinski definition) is 8. The van der Waals surface area contributed by atoms with Gasteiger partial charge in [-0.05, 0) is 62.8 Å². The predicted molar refractivity (Wildman–Crippen MR) is 145 cm³/mol. The maximum Gasteiger partial charge on any atom is 0.343 e. The van der Waals surface area contributed by atoms with Gasteiger partial charge in [-0.25, -0.2) is 14.2 Å². The van der Waals surface area contributed by atoms with Gasteiger partial charge in [0.05, 0.1) is 29.1 Å². The van der Waals surface area contributed by atoms with E-state index in [9.17, 15) is 19.5 Å². The Morgan fingerprint density at radius 1 is 1.40 bits per heavy atom. The Kier molecular flexibility index (Phi) is 7.26. The minimum absolute atomic E-state index is 0.00958. The molecule has 5 rings (SSSR count). The highest BCUT2D eigenvalue weighted by Crippen LogP contribution is 2.45. The summed E-state index contributed by atoms with van der Waals surface area (Å²) in [6, 6.07) is 1.07. The van der Waals surface area contributed by atoms with Gasteiger partial charge in [-0.1, -0.05) is 6.92 Å². The van der Waals surface area contributed by atoms with Gasteiger partial charge in [-0.3, -0.25) is 9.59 Å². The number of esters is 1. The lowest BCUT2D eigenvalue weighted by Gasteiger charge is -2.32. The number of benzene rings is 1. The van der Waals surface area contributed by atoms with Crippen molar-refractivity contribution in [3.63, 3.8) is 0 Å². The van der Waals surface area contributed by atoms with Crippen molar-refractivity contribution in [2.24, 2.45) is 0 Å². The fraction of sp³-hybridized carbons (Fsp3) is 0.467. The van der Waals surface area contributed by atoms with Gasteiger partial charge >= 0.3 is 5.97 Å². The van der Waals surface area contributed by atoms with E-state index in [0.29, 0.717) is 48.1 Å². The molecule has 3 aliphatic rings. The van der Waals surface area contributed by atoms with E-state index in [-0.39, 0.29) is 54.7 Å². The molecule has 0 radical (unpaired) electrons. The number of ether oxygens (including phenoxy) is 2. The number of aromatic nitrogens is 1. The van der Waals surface area contributed by atoms with E-state index in [1.54, 1.807) is 19.9 Å². The summed E-state index contributed by atoms with van der Waals surface area (Å²) in [6.07, 6.45) is 3.29. The molecule has 2 N–H and O–H groups in total. The number of rotatable bonds is 7. The van der Waals surface area contributed by atoms with Crippen LogP contribution in [0.3, 0.4) is 0 Å². The molecule has 0 saturated carbocycles. The molecule has 1 aromatic heterocycles. The molecular weight excluding hydrogens is 517 g/mol. The first-order valence-corrected chi connectivity index (χ1v) is 13.6. The van der Waals surface area contributed by atoms with E-state index >= 15 is 4.39 Å². The maximum absolute atomic E-state index is 15.0. The van der Waals surface area contributed by atoms with Gasteiger partial charge in [-0.15, -0.1) is 0 Å². The fourth-order valence-corrected chi connectivity index (χ4v) is 5.95. The minimum Gasteiger partial charge on any atom is -0.458 e. The summed E-state index contributed by atoms with van der Waals surface area (Å²) in [5.74, 6) is -1.41. The van der Waals surface area contributed by atoms with E-state index in [1.165, 1.54) is 6.07 Å². The summed E-state index contributed by atoms with van der Waals surface area (Å²) in [6.45, 7) is 7.25. The monoisotopic (exact) mass is 551 g/mol. The number of cyclic esters (lactones) is 1. The lowest BCUT2D eigenvalue weighted by Crippen LogP contribution is -2.45. The lowest BCUT2D eigenvalue weighted by molar-refractivity contribution is -0.162. The number of nitrogens with one attached hydrogen (secondary N) is 1. The van der Waals surface area contributed by atoms with Gasteiger partial charge in [0.1, 0.15) is 25.3 Å². The number of carbonyl (C=O) groups is 3. The Labute approximate surface area is 232 Å². The summed E-state index contributed by atoms with van der Waals surface area (Å²) in [5.41, 5.74) is 3.14. The third-order valence-electron chi connectivity index (χ3n) is 8.13. The number of nitrogens with zero attached hydrogens (tertiary/aromatic N) is 2. The molecule has 0 saturated heterocycles. The fourth-order valence-electron chi connectivity index (χ4n) is 5.95. The normalized spacial score (nSPS) is 23.2. The molecule has 40 heavy (non-hydrogen) atoms. The van der Waals surface area contributed by atoms with Crippen molar-refractivity contribution in [1.82, 2.24) is 15.2 Å². The molecule has 2 unspecified atom stereocenters. The Balaban J connectivity index is 1.71. The van der Waals surface area contributed by atoms with Crippen LogP contribution in [0.25, 0.3) is 16.6 Å². The van der Waals surface area contributed by atoms with Crippen molar-refractivity contribution in [2.45, 2.75) is 71.2 Å². The van der Waals surface area contributed by atoms with Crippen molar-refractivity contribution < 1.29 is 33.4 Å². The molecule has 3 heterocycles. The van der Waals surface area contributed by atoms with Gasteiger partial charge in [0.15, 0.2) is 5.60 Å². The smallest absolute Gasteiger partial charge is 0.343 e. The number of aldehydes is 1. The number of carbonyl (C=O) groups excluding carboxylic acids is 3. The first kappa shape index (κ1) is 27.9. The average Bonchev–Trinajstić information content (AvgIpc) is 3.23. The first-order chi connectivity index (χ1) is 19.0. The van der Waals surface area contributed by atoms with Crippen LogP contribution in [0.15, 0.2) is 23.3 Å². The molecule has 10 heteroatoms. The van der Waals surface area contributed by atoms with Gasteiger partial charge in [0.25, 0.3) is 0 Å². The van der Waals surface area contributed by atoms with Gasteiger partial charge in [0.2, 0.25) is 5.91 Å². The number of fused-ring (bicyclic) bond motifs is 2. The largest absolute Gasteiger partial charge is 0.458 e. The van der Waals surface area contributed by atoms with Crippen LogP contribution >= 0.6 is 0 Å². The second-order valence-corrected chi connectivity index (χ2v) is 11.0. The molecule has 1 aliphatic carbocycles. The number of aryl methyl sites for hydroxylation is 1. The highest BCUT2D eigenvalue weighted by Gasteiger charge is 2.45. The molecule has 2 aromatic rings. The van der Waals surface area contributed by atoms with Crippen molar-refractivity contribution in [1.29, 1.82) is 0 Å². The predicted octanol–water partition coefficient (Wildman–Crippen LogP) is 3.19. The quantitative estimate of drug-likeness (QED) is 0.398. The first-order valence-electron chi connectivity index (χ1n) is 13.6.